The first-order valence-corrected chi connectivity index (χ1v) is 28.4. The van der Waals surface area contributed by atoms with Crippen molar-refractivity contribution in [1.82, 2.24) is 0 Å². The second kappa shape index (κ2) is 55.4. The first kappa shape index (κ1) is 63.8. The average molecular weight is 936 g/mol. The van der Waals surface area contributed by atoms with Gasteiger partial charge in [-0.1, -0.05) is 248 Å². The van der Waals surface area contributed by atoms with E-state index >= 15 is 0 Å². The fourth-order valence-corrected chi connectivity index (χ4v) is 7.94. The van der Waals surface area contributed by atoms with Gasteiger partial charge >= 0.3 is 17.9 Å². The van der Waals surface area contributed by atoms with Crippen LogP contribution < -0.4 is 0 Å². The highest BCUT2D eigenvalue weighted by molar-refractivity contribution is 5.71. The summed E-state index contributed by atoms with van der Waals surface area (Å²) in [5.41, 5.74) is 0. The van der Waals surface area contributed by atoms with Crippen LogP contribution in [0, 0.1) is 0 Å². The van der Waals surface area contributed by atoms with E-state index in [1.54, 1.807) is 0 Å². The van der Waals surface area contributed by atoms with Gasteiger partial charge in [-0.15, -0.1) is 0 Å². The SMILES string of the molecule is CC/C=C\C/C=C\C/C=C\C/C=C\C/C=C\CCCCCCCC(=O)OCC(COC(=O)CCCCCCC/C=C\CCC)OC(=O)CCCCCCCCCCCCCCCCCCCC. The van der Waals surface area contributed by atoms with Crippen LogP contribution in [-0.2, 0) is 28.6 Å². The van der Waals surface area contributed by atoms with E-state index in [4.69, 9.17) is 14.2 Å². The Balaban J connectivity index is 4.33. The second-order valence-electron chi connectivity index (χ2n) is 18.8. The first-order valence-electron chi connectivity index (χ1n) is 28.4. The van der Waals surface area contributed by atoms with Crippen molar-refractivity contribution in [3.63, 3.8) is 0 Å². The van der Waals surface area contributed by atoms with Crippen LogP contribution in [0.4, 0.5) is 0 Å². The lowest BCUT2D eigenvalue weighted by molar-refractivity contribution is -0.167. The third kappa shape index (κ3) is 53.7. The molecule has 0 aliphatic carbocycles. The number of allylic oxidation sites excluding steroid dienone is 12. The number of hydrogen-bond donors (Lipinski definition) is 0. The van der Waals surface area contributed by atoms with Crippen LogP contribution in [0.3, 0.4) is 0 Å². The van der Waals surface area contributed by atoms with Gasteiger partial charge in [0.2, 0.25) is 0 Å². The quantitative estimate of drug-likeness (QED) is 0.0262. The minimum atomic E-state index is -0.785. The largest absolute Gasteiger partial charge is 0.462 e. The Morgan fingerprint density at radius 3 is 0.985 bits per heavy atom. The topological polar surface area (TPSA) is 78.9 Å². The van der Waals surface area contributed by atoms with Crippen molar-refractivity contribution in [2.75, 3.05) is 13.2 Å². The fourth-order valence-electron chi connectivity index (χ4n) is 7.94. The highest BCUT2D eigenvalue weighted by Gasteiger charge is 2.19. The Labute approximate surface area is 414 Å². The third-order valence-corrected chi connectivity index (χ3v) is 12.2. The molecule has 0 rings (SSSR count). The van der Waals surface area contributed by atoms with E-state index < -0.39 is 6.10 Å². The van der Waals surface area contributed by atoms with E-state index in [2.05, 4.69) is 93.7 Å². The smallest absolute Gasteiger partial charge is 0.306 e. The zero-order valence-electron chi connectivity index (χ0n) is 44.2. The maximum atomic E-state index is 12.8. The molecule has 0 aromatic rings. The molecule has 0 N–H and O–H groups in total. The van der Waals surface area contributed by atoms with Gasteiger partial charge in [-0.2, -0.15) is 0 Å². The summed E-state index contributed by atoms with van der Waals surface area (Å²) in [6.45, 7) is 6.46. The average Bonchev–Trinajstić information content (AvgIpc) is 3.33. The molecule has 1 unspecified atom stereocenters. The number of ether oxygens (including phenoxy) is 3. The molecule has 0 fully saturated rings. The summed E-state index contributed by atoms with van der Waals surface area (Å²) in [6.07, 6.45) is 70.4. The summed E-state index contributed by atoms with van der Waals surface area (Å²) < 4.78 is 16.8. The van der Waals surface area contributed by atoms with Crippen molar-refractivity contribution in [2.24, 2.45) is 0 Å². The molecule has 0 saturated carbocycles. The molecule has 0 aromatic heterocycles. The van der Waals surface area contributed by atoms with Gasteiger partial charge in [0.25, 0.3) is 0 Å². The molecule has 67 heavy (non-hydrogen) atoms. The minimum Gasteiger partial charge on any atom is -0.462 e. The minimum absolute atomic E-state index is 0.0844. The number of esters is 3. The van der Waals surface area contributed by atoms with E-state index in [0.717, 1.165) is 122 Å². The van der Waals surface area contributed by atoms with Crippen molar-refractivity contribution in [3.05, 3.63) is 72.9 Å². The Kier molecular flexibility index (Phi) is 52.8. The van der Waals surface area contributed by atoms with Crippen LogP contribution in [0.2, 0.25) is 0 Å². The van der Waals surface area contributed by atoms with Crippen molar-refractivity contribution in [3.8, 4) is 0 Å². The predicted octanol–water partition coefficient (Wildman–Crippen LogP) is 19.0. The van der Waals surface area contributed by atoms with Gasteiger partial charge < -0.3 is 14.2 Å². The third-order valence-electron chi connectivity index (χ3n) is 12.2. The fraction of sp³-hybridized carbons (Fsp3) is 0.754. The highest BCUT2D eigenvalue weighted by atomic mass is 16.6. The van der Waals surface area contributed by atoms with Crippen LogP contribution in [0.5, 0.6) is 0 Å². The van der Waals surface area contributed by atoms with Gasteiger partial charge in [-0.3, -0.25) is 14.4 Å². The van der Waals surface area contributed by atoms with Gasteiger partial charge in [0.05, 0.1) is 0 Å². The maximum absolute atomic E-state index is 12.8. The standard InChI is InChI=1S/C61H106O6/c1-4-7-10-13-16-19-22-24-26-28-30-31-32-34-35-37-39-42-45-48-51-54-60(63)66-57-58(56-65-59(62)53-50-47-44-41-21-18-15-12-9-6-3)67-61(64)55-52-49-46-43-40-38-36-33-29-27-25-23-20-17-14-11-8-5-2/h7,10,12,15-16,19,24,26,30-31,34-35,58H,4-6,8-9,11,13-14,17-18,20-23,25,27-29,32-33,36-57H2,1-3H3/b10-7-,15-12-,19-16-,26-24-,31-30-,35-34-. The molecule has 386 valence electrons. The Morgan fingerprint density at radius 1 is 0.313 bits per heavy atom. The molecule has 1 atom stereocenters. The summed E-state index contributed by atoms with van der Waals surface area (Å²) >= 11 is 0. The second-order valence-corrected chi connectivity index (χ2v) is 18.8. The normalized spacial score (nSPS) is 12.6. The van der Waals surface area contributed by atoms with E-state index in [9.17, 15) is 14.4 Å². The molecule has 6 heteroatoms. The molecule has 0 radical (unpaired) electrons. The van der Waals surface area contributed by atoms with E-state index in [0.29, 0.717) is 19.3 Å². The van der Waals surface area contributed by atoms with Crippen molar-refractivity contribution < 1.29 is 28.6 Å². The number of unbranched alkanes of at least 4 members (excludes halogenated alkanes) is 28. The first-order chi connectivity index (χ1) is 33.0. The zero-order valence-corrected chi connectivity index (χ0v) is 44.2. The summed E-state index contributed by atoms with van der Waals surface area (Å²) in [6, 6.07) is 0. The Hall–Kier alpha value is -3.15. The van der Waals surface area contributed by atoms with Crippen LogP contribution in [0.15, 0.2) is 72.9 Å². The van der Waals surface area contributed by atoms with Crippen molar-refractivity contribution in [1.29, 1.82) is 0 Å². The van der Waals surface area contributed by atoms with Gasteiger partial charge in [0.15, 0.2) is 6.10 Å². The summed E-state index contributed by atoms with van der Waals surface area (Å²) in [5, 5.41) is 0. The lowest BCUT2D eigenvalue weighted by Crippen LogP contribution is -2.30. The highest BCUT2D eigenvalue weighted by Crippen LogP contribution is 2.16. The zero-order chi connectivity index (χ0) is 48.6. The van der Waals surface area contributed by atoms with Gasteiger partial charge in [0.1, 0.15) is 13.2 Å². The molecule has 0 spiro atoms. The lowest BCUT2D eigenvalue weighted by Gasteiger charge is -2.18. The van der Waals surface area contributed by atoms with E-state index in [-0.39, 0.29) is 31.1 Å². The summed E-state index contributed by atoms with van der Waals surface area (Å²) in [7, 11) is 0. The molecule has 6 nitrogen and oxygen atoms in total. The summed E-state index contributed by atoms with van der Waals surface area (Å²) in [4.78, 5) is 38.1. The van der Waals surface area contributed by atoms with Gasteiger partial charge in [-0.05, 0) is 83.5 Å². The van der Waals surface area contributed by atoms with Crippen LogP contribution in [-0.4, -0.2) is 37.2 Å². The molecular formula is C61H106O6. The van der Waals surface area contributed by atoms with Gasteiger partial charge in [-0.25, -0.2) is 0 Å². The summed E-state index contributed by atoms with van der Waals surface area (Å²) in [5.74, 6) is -0.905. The molecule has 0 aromatic carbocycles. The molecule has 0 heterocycles. The molecule has 0 aliphatic rings. The molecular weight excluding hydrogens is 829 g/mol. The van der Waals surface area contributed by atoms with Crippen LogP contribution in [0.25, 0.3) is 0 Å². The predicted molar refractivity (Wildman–Crippen MR) is 288 cm³/mol. The van der Waals surface area contributed by atoms with E-state index in [1.807, 2.05) is 0 Å². The molecule has 0 saturated heterocycles. The van der Waals surface area contributed by atoms with Crippen molar-refractivity contribution >= 4 is 17.9 Å². The molecule has 0 amide bonds. The van der Waals surface area contributed by atoms with Gasteiger partial charge in [0, 0.05) is 19.3 Å². The molecule has 0 aliphatic heterocycles. The van der Waals surface area contributed by atoms with E-state index in [1.165, 1.54) is 116 Å². The van der Waals surface area contributed by atoms with Crippen LogP contribution in [0.1, 0.15) is 278 Å². The Morgan fingerprint density at radius 2 is 0.612 bits per heavy atom. The maximum Gasteiger partial charge on any atom is 0.306 e. The number of carbonyl (C=O) groups excluding carboxylic acids is 3. The number of carbonyl (C=O) groups is 3. The van der Waals surface area contributed by atoms with Crippen LogP contribution >= 0.6 is 0 Å². The molecule has 0 bridgehead atoms. The lowest BCUT2D eigenvalue weighted by atomic mass is 10.0. The number of rotatable bonds is 51. The monoisotopic (exact) mass is 935 g/mol. The Bertz CT molecular complexity index is 1260. The number of hydrogen-bond acceptors (Lipinski definition) is 6. The van der Waals surface area contributed by atoms with Crippen molar-refractivity contribution in [2.45, 2.75) is 284 Å².